The summed E-state index contributed by atoms with van der Waals surface area (Å²) < 4.78 is 5.57. The molecule has 0 saturated carbocycles. The molecule has 0 bridgehead atoms. The van der Waals surface area contributed by atoms with Crippen molar-refractivity contribution in [3.63, 3.8) is 0 Å². The van der Waals surface area contributed by atoms with E-state index >= 15 is 0 Å². The maximum atomic E-state index is 5.57. The van der Waals surface area contributed by atoms with Crippen LogP contribution < -0.4 is 10.1 Å². The molecular formula is C19H20Cl2N2O. The second kappa shape index (κ2) is 7.84. The zero-order valence-electron chi connectivity index (χ0n) is 13.4. The molecule has 1 aliphatic rings. The molecule has 0 fully saturated rings. The number of para-hydroxylation sites is 1. The molecule has 0 atom stereocenters. The third-order valence-corrected chi connectivity index (χ3v) is 4.26. The Morgan fingerprint density at radius 2 is 1.75 bits per heavy atom. The van der Waals surface area contributed by atoms with Crippen molar-refractivity contribution in [1.82, 2.24) is 10.3 Å². The van der Waals surface area contributed by atoms with Crippen molar-refractivity contribution in [2.24, 2.45) is 0 Å². The normalized spacial score (nSPS) is 12.2. The fourth-order valence-corrected chi connectivity index (χ4v) is 3.11. The Hall–Kier alpha value is -1.81. The van der Waals surface area contributed by atoms with Crippen LogP contribution >= 0.6 is 24.8 Å². The van der Waals surface area contributed by atoms with Crippen LogP contribution in [0.5, 0.6) is 5.75 Å². The molecule has 0 aliphatic carbocycles. The van der Waals surface area contributed by atoms with Gasteiger partial charge in [-0.05, 0) is 29.3 Å². The number of fused-ring (bicyclic) bond motifs is 2. The van der Waals surface area contributed by atoms with Gasteiger partial charge in [0.15, 0.2) is 0 Å². The van der Waals surface area contributed by atoms with Gasteiger partial charge in [0.2, 0.25) is 0 Å². The molecular weight excluding hydrogens is 343 g/mol. The summed E-state index contributed by atoms with van der Waals surface area (Å²) in [6.45, 7) is 1.87. The highest BCUT2D eigenvalue weighted by atomic mass is 35.5. The van der Waals surface area contributed by atoms with Gasteiger partial charge in [0.25, 0.3) is 0 Å². The Balaban J connectivity index is 0.00000104. The number of hydrogen-bond acceptors (Lipinski definition) is 3. The molecule has 0 radical (unpaired) electrons. The Morgan fingerprint density at radius 3 is 2.54 bits per heavy atom. The van der Waals surface area contributed by atoms with E-state index in [1.807, 2.05) is 12.1 Å². The van der Waals surface area contributed by atoms with Gasteiger partial charge in [-0.15, -0.1) is 24.8 Å². The Morgan fingerprint density at radius 1 is 1.00 bits per heavy atom. The van der Waals surface area contributed by atoms with Crippen LogP contribution in [0.1, 0.15) is 22.4 Å². The van der Waals surface area contributed by atoms with Crippen molar-refractivity contribution in [2.45, 2.75) is 19.5 Å². The molecule has 1 N–H and O–H groups in total. The second-order valence-electron chi connectivity index (χ2n) is 5.71. The summed E-state index contributed by atoms with van der Waals surface area (Å²) in [4.78, 5) is 4.77. The Bertz CT molecular complexity index is 852. The van der Waals surface area contributed by atoms with Crippen LogP contribution in [-0.4, -0.2) is 12.1 Å². The number of methoxy groups -OCH3 is 1. The molecule has 0 amide bonds. The number of aromatic nitrogens is 1. The van der Waals surface area contributed by atoms with Gasteiger partial charge in [0, 0.05) is 36.2 Å². The zero-order valence-corrected chi connectivity index (χ0v) is 15.0. The molecule has 3 nitrogen and oxygen atoms in total. The van der Waals surface area contributed by atoms with Gasteiger partial charge in [-0.1, -0.05) is 30.3 Å². The quantitative estimate of drug-likeness (QED) is 0.754. The van der Waals surface area contributed by atoms with Gasteiger partial charge in [-0.2, -0.15) is 0 Å². The largest absolute Gasteiger partial charge is 0.496 e. The predicted molar refractivity (Wildman–Crippen MR) is 103 cm³/mol. The SMILES string of the molecule is COc1cc2c(cc1Cc1ccc3ccccc3n1)CNC2.Cl.Cl. The standard InChI is InChI=1S/C19H18N2O.2ClH/c1-22-19-10-16-12-20-11-15(16)8-14(19)9-17-7-6-13-4-2-3-5-18(13)21-17;;/h2-8,10,20H,9,11-12H2,1H3;2*1H. The van der Waals surface area contributed by atoms with Gasteiger partial charge in [0.05, 0.1) is 12.6 Å². The summed E-state index contributed by atoms with van der Waals surface area (Å²) in [6.07, 6.45) is 0.793. The first kappa shape index (κ1) is 18.5. The molecule has 2 heterocycles. The van der Waals surface area contributed by atoms with Crippen LogP contribution in [0.3, 0.4) is 0 Å². The van der Waals surface area contributed by atoms with Crippen molar-refractivity contribution in [3.05, 3.63) is 70.9 Å². The molecule has 3 aromatic rings. The van der Waals surface area contributed by atoms with E-state index in [1.54, 1.807) is 7.11 Å². The summed E-state index contributed by atoms with van der Waals surface area (Å²) in [5.41, 5.74) is 6.03. The molecule has 126 valence electrons. The lowest BCUT2D eigenvalue weighted by Crippen LogP contribution is -2.00. The average Bonchev–Trinajstić information content (AvgIpc) is 3.01. The van der Waals surface area contributed by atoms with E-state index in [9.17, 15) is 0 Å². The first-order valence-corrected chi connectivity index (χ1v) is 7.57. The number of nitrogens with zero attached hydrogens (tertiary/aromatic N) is 1. The fourth-order valence-electron chi connectivity index (χ4n) is 3.11. The molecule has 2 aromatic carbocycles. The number of pyridine rings is 1. The molecule has 5 heteroatoms. The first-order valence-electron chi connectivity index (χ1n) is 7.57. The lowest BCUT2D eigenvalue weighted by molar-refractivity contribution is 0.410. The van der Waals surface area contributed by atoms with Gasteiger partial charge < -0.3 is 10.1 Å². The number of rotatable bonds is 3. The molecule has 0 unspecified atom stereocenters. The maximum absolute atomic E-state index is 5.57. The van der Waals surface area contributed by atoms with E-state index in [0.29, 0.717) is 0 Å². The van der Waals surface area contributed by atoms with E-state index < -0.39 is 0 Å². The van der Waals surface area contributed by atoms with Crippen molar-refractivity contribution < 1.29 is 4.74 Å². The molecule has 0 saturated heterocycles. The summed E-state index contributed by atoms with van der Waals surface area (Å²) in [5, 5.41) is 4.56. The van der Waals surface area contributed by atoms with Crippen molar-refractivity contribution in [1.29, 1.82) is 0 Å². The van der Waals surface area contributed by atoms with Gasteiger partial charge >= 0.3 is 0 Å². The lowest BCUT2D eigenvalue weighted by atomic mass is 10.0. The highest BCUT2D eigenvalue weighted by Gasteiger charge is 2.15. The highest BCUT2D eigenvalue weighted by Crippen LogP contribution is 2.28. The number of benzene rings is 2. The van der Waals surface area contributed by atoms with Crippen molar-refractivity contribution >= 4 is 35.7 Å². The first-order chi connectivity index (χ1) is 10.8. The van der Waals surface area contributed by atoms with Crippen LogP contribution in [-0.2, 0) is 19.5 Å². The third-order valence-electron chi connectivity index (χ3n) is 4.26. The van der Waals surface area contributed by atoms with Crippen molar-refractivity contribution in [3.8, 4) is 5.75 Å². The van der Waals surface area contributed by atoms with Gasteiger partial charge in [-0.25, -0.2) is 0 Å². The molecule has 1 aliphatic heterocycles. The second-order valence-corrected chi connectivity index (χ2v) is 5.71. The van der Waals surface area contributed by atoms with Crippen LogP contribution in [0.4, 0.5) is 0 Å². The minimum atomic E-state index is 0. The Labute approximate surface area is 154 Å². The van der Waals surface area contributed by atoms with Crippen LogP contribution in [0, 0.1) is 0 Å². The lowest BCUT2D eigenvalue weighted by Gasteiger charge is -2.11. The van der Waals surface area contributed by atoms with Crippen LogP contribution in [0.15, 0.2) is 48.5 Å². The molecule has 1 aromatic heterocycles. The zero-order chi connectivity index (χ0) is 14.9. The number of ether oxygens (including phenoxy) is 1. The summed E-state index contributed by atoms with van der Waals surface area (Å²) in [6, 6.07) is 16.9. The van der Waals surface area contributed by atoms with Crippen LogP contribution in [0.25, 0.3) is 10.9 Å². The van der Waals surface area contributed by atoms with Gasteiger partial charge in [-0.3, -0.25) is 4.98 Å². The highest BCUT2D eigenvalue weighted by molar-refractivity contribution is 5.85. The molecule has 0 spiro atoms. The smallest absolute Gasteiger partial charge is 0.122 e. The predicted octanol–water partition coefficient (Wildman–Crippen LogP) is 4.28. The molecule has 24 heavy (non-hydrogen) atoms. The maximum Gasteiger partial charge on any atom is 0.122 e. The summed E-state index contributed by atoms with van der Waals surface area (Å²) in [5.74, 6) is 0.956. The number of hydrogen-bond donors (Lipinski definition) is 1. The third kappa shape index (κ3) is 3.48. The van der Waals surface area contributed by atoms with E-state index in [1.165, 1.54) is 22.1 Å². The van der Waals surface area contributed by atoms with Crippen LogP contribution in [0.2, 0.25) is 0 Å². The summed E-state index contributed by atoms with van der Waals surface area (Å²) in [7, 11) is 1.74. The van der Waals surface area contributed by atoms with E-state index in [4.69, 9.17) is 9.72 Å². The monoisotopic (exact) mass is 362 g/mol. The average molecular weight is 363 g/mol. The number of nitrogens with one attached hydrogen (secondary N) is 1. The van der Waals surface area contributed by atoms with Gasteiger partial charge in [0.1, 0.15) is 5.75 Å². The molecule has 4 rings (SSSR count). The topological polar surface area (TPSA) is 34.1 Å². The van der Waals surface area contributed by atoms with Crippen molar-refractivity contribution in [2.75, 3.05) is 7.11 Å². The Kier molecular flexibility index (Phi) is 6.05. The van der Waals surface area contributed by atoms with E-state index in [-0.39, 0.29) is 24.8 Å². The van der Waals surface area contributed by atoms with E-state index in [0.717, 1.165) is 36.5 Å². The fraction of sp³-hybridized carbons (Fsp3) is 0.211. The minimum Gasteiger partial charge on any atom is -0.496 e. The summed E-state index contributed by atoms with van der Waals surface area (Å²) >= 11 is 0. The number of halogens is 2. The van der Waals surface area contributed by atoms with E-state index in [2.05, 4.69) is 41.7 Å². The minimum absolute atomic E-state index is 0.